The summed E-state index contributed by atoms with van der Waals surface area (Å²) < 4.78 is 18.1. The number of imidazole rings is 1. The molecule has 2 fully saturated rings. The number of piperidine rings is 1. The number of nitrogens with zero attached hydrogens (tertiary/aromatic N) is 4. The second-order valence-corrected chi connectivity index (χ2v) is 9.44. The van der Waals surface area contributed by atoms with Gasteiger partial charge in [0.1, 0.15) is 11.3 Å². The molecule has 3 aliphatic rings. The Morgan fingerprint density at radius 3 is 2.34 bits per heavy atom. The highest BCUT2D eigenvalue weighted by atomic mass is 19.1. The van der Waals surface area contributed by atoms with Crippen LogP contribution in [-0.2, 0) is 12.2 Å². The first-order chi connectivity index (χ1) is 15.4. The lowest BCUT2D eigenvalue weighted by atomic mass is 9.86. The van der Waals surface area contributed by atoms with Gasteiger partial charge in [0.25, 0.3) is 11.8 Å². The number of carbonyl (C=O) groups excluding carboxylic acids is 2. The Hall–Kier alpha value is -3.06. The number of aromatic nitrogens is 2. The van der Waals surface area contributed by atoms with E-state index in [2.05, 4.69) is 4.90 Å². The molecule has 6 nitrogen and oxygen atoms in total. The van der Waals surface area contributed by atoms with Crippen molar-refractivity contribution in [3.8, 4) is 0 Å². The van der Waals surface area contributed by atoms with Crippen LogP contribution in [0.1, 0.15) is 69.1 Å². The number of imide groups is 1. The standard InChI is InChI=1S/C25H25FN4O2/c1-28-10-8-25(26,9-11-28)21-12-17(16-6-7-16)13-29-14-18(27-22(21)29)15-30-23(31)19-4-2-3-5-20(19)24(30)32/h2-5,12-14,16H,6-11,15H2,1H3. The van der Waals surface area contributed by atoms with Crippen LogP contribution in [0.2, 0.25) is 0 Å². The molecule has 0 radical (unpaired) electrons. The summed E-state index contributed by atoms with van der Waals surface area (Å²) in [6, 6.07) is 8.87. The zero-order valence-electron chi connectivity index (χ0n) is 18.1. The fourth-order valence-corrected chi connectivity index (χ4v) is 5.00. The number of fused-ring (bicyclic) bond motifs is 2. The molecular formula is C25H25FN4O2. The maximum Gasteiger partial charge on any atom is 0.261 e. The summed E-state index contributed by atoms with van der Waals surface area (Å²) in [5.41, 5.74) is 2.39. The van der Waals surface area contributed by atoms with Gasteiger partial charge in [0.2, 0.25) is 0 Å². The highest BCUT2D eigenvalue weighted by Crippen LogP contribution is 2.44. The monoisotopic (exact) mass is 432 g/mol. The number of hydrogen-bond donors (Lipinski definition) is 0. The van der Waals surface area contributed by atoms with E-state index in [0.717, 1.165) is 18.4 Å². The number of hydrogen-bond acceptors (Lipinski definition) is 4. The Labute approximate surface area is 185 Å². The molecule has 3 aromatic rings. The van der Waals surface area contributed by atoms with E-state index in [1.165, 1.54) is 4.90 Å². The minimum Gasteiger partial charge on any atom is -0.306 e. The van der Waals surface area contributed by atoms with E-state index in [1.54, 1.807) is 24.3 Å². The molecule has 1 aromatic carbocycles. The molecule has 0 atom stereocenters. The van der Waals surface area contributed by atoms with Gasteiger partial charge in [0.05, 0.1) is 23.4 Å². The van der Waals surface area contributed by atoms with Crippen molar-refractivity contribution in [3.05, 3.63) is 70.7 Å². The number of likely N-dealkylation sites (tertiary alicyclic amines) is 1. The smallest absolute Gasteiger partial charge is 0.261 e. The van der Waals surface area contributed by atoms with E-state index in [-0.39, 0.29) is 18.4 Å². The maximum atomic E-state index is 16.2. The molecule has 0 spiro atoms. The summed E-state index contributed by atoms with van der Waals surface area (Å²) in [5, 5.41) is 0. The van der Waals surface area contributed by atoms with Crippen LogP contribution >= 0.6 is 0 Å². The van der Waals surface area contributed by atoms with Crippen LogP contribution in [0, 0.1) is 0 Å². The zero-order valence-corrected chi connectivity index (χ0v) is 18.1. The Morgan fingerprint density at radius 1 is 1.06 bits per heavy atom. The summed E-state index contributed by atoms with van der Waals surface area (Å²) in [7, 11) is 2.02. The predicted molar refractivity (Wildman–Crippen MR) is 117 cm³/mol. The van der Waals surface area contributed by atoms with E-state index in [0.29, 0.717) is 59.9 Å². The molecule has 6 rings (SSSR count). The van der Waals surface area contributed by atoms with Gasteiger partial charge in [-0.05, 0) is 62.4 Å². The van der Waals surface area contributed by atoms with E-state index < -0.39 is 5.67 Å². The summed E-state index contributed by atoms with van der Waals surface area (Å²) in [4.78, 5) is 33.7. The third-order valence-electron chi connectivity index (χ3n) is 7.13. The molecule has 164 valence electrons. The lowest BCUT2D eigenvalue weighted by molar-refractivity contribution is 0.0639. The van der Waals surface area contributed by atoms with Gasteiger partial charge in [-0.2, -0.15) is 0 Å². The minimum atomic E-state index is -1.42. The molecule has 0 N–H and O–H groups in total. The normalized spacial score (nSPS) is 20.9. The second kappa shape index (κ2) is 6.97. The Balaban J connectivity index is 1.39. The topological polar surface area (TPSA) is 57.9 Å². The number of amides is 2. The fourth-order valence-electron chi connectivity index (χ4n) is 5.00. The van der Waals surface area contributed by atoms with Gasteiger partial charge >= 0.3 is 0 Å². The van der Waals surface area contributed by atoms with E-state index in [4.69, 9.17) is 4.98 Å². The SMILES string of the molecule is CN1CCC(F)(c2cc(C3CC3)cn3cc(CN4C(=O)c5ccccc5C4=O)nc23)CC1. The molecule has 2 aromatic heterocycles. The van der Waals surface area contributed by atoms with Crippen molar-refractivity contribution >= 4 is 17.5 Å². The number of rotatable bonds is 4. The van der Waals surface area contributed by atoms with Crippen LogP contribution in [0.25, 0.3) is 5.65 Å². The van der Waals surface area contributed by atoms with Crippen LogP contribution in [0.5, 0.6) is 0 Å². The molecular weight excluding hydrogens is 407 g/mol. The van der Waals surface area contributed by atoms with Gasteiger partial charge in [-0.3, -0.25) is 14.5 Å². The summed E-state index contributed by atoms with van der Waals surface area (Å²) in [6.07, 6.45) is 7.01. The van der Waals surface area contributed by atoms with Crippen LogP contribution < -0.4 is 0 Å². The van der Waals surface area contributed by atoms with Gasteiger partial charge in [0, 0.05) is 31.0 Å². The molecule has 2 aliphatic heterocycles. The number of alkyl halides is 1. The van der Waals surface area contributed by atoms with Crippen molar-refractivity contribution in [2.75, 3.05) is 20.1 Å². The summed E-state index contributed by atoms with van der Waals surface area (Å²) in [6.45, 7) is 1.49. The number of carbonyl (C=O) groups is 2. The molecule has 2 amide bonds. The van der Waals surface area contributed by atoms with E-state index in [9.17, 15) is 9.59 Å². The quantitative estimate of drug-likeness (QED) is 0.587. The molecule has 0 unspecified atom stereocenters. The Kier molecular flexibility index (Phi) is 4.27. The van der Waals surface area contributed by atoms with Gasteiger partial charge < -0.3 is 9.30 Å². The second-order valence-electron chi connectivity index (χ2n) is 9.44. The van der Waals surface area contributed by atoms with Crippen LogP contribution in [0.4, 0.5) is 4.39 Å². The number of benzene rings is 1. The van der Waals surface area contributed by atoms with E-state index in [1.807, 2.05) is 29.9 Å². The predicted octanol–water partition coefficient (Wildman–Crippen LogP) is 3.90. The fraction of sp³-hybridized carbons (Fsp3) is 0.400. The van der Waals surface area contributed by atoms with E-state index >= 15 is 4.39 Å². The van der Waals surface area contributed by atoms with Crippen molar-refractivity contribution < 1.29 is 14.0 Å². The molecule has 1 saturated heterocycles. The first-order valence-corrected chi connectivity index (χ1v) is 11.3. The Morgan fingerprint density at radius 2 is 1.72 bits per heavy atom. The average Bonchev–Trinajstić information content (AvgIpc) is 3.53. The number of halogens is 1. The number of pyridine rings is 1. The summed E-state index contributed by atoms with van der Waals surface area (Å²) >= 11 is 0. The Bertz CT molecular complexity index is 1220. The van der Waals surface area contributed by atoms with Crippen molar-refractivity contribution in [3.63, 3.8) is 0 Å². The molecule has 7 heteroatoms. The zero-order chi connectivity index (χ0) is 22.0. The highest BCUT2D eigenvalue weighted by Gasteiger charge is 2.40. The summed E-state index contributed by atoms with van der Waals surface area (Å²) in [5.74, 6) is -0.132. The maximum absolute atomic E-state index is 16.2. The van der Waals surface area contributed by atoms with Crippen molar-refractivity contribution in [2.45, 2.75) is 43.8 Å². The van der Waals surface area contributed by atoms with Crippen LogP contribution in [0.3, 0.4) is 0 Å². The van der Waals surface area contributed by atoms with Gasteiger partial charge in [0.15, 0.2) is 0 Å². The van der Waals surface area contributed by atoms with Crippen molar-refractivity contribution in [1.29, 1.82) is 0 Å². The van der Waals surface area contributed by atoms with Gasteiger partial charge in [-0.15, -0.1) is 0 Å². The molecule has 4 heterocycles. The van der Waals surface area contributed by atoms with Crippen molar-refractivity contribution in [2.24, 2.45) is 0 Å². The van der Waals surface area contributed by atoms with Gasteiger partial charge in [-0.25, -0.2) is 9.37 Å². The first kappa shape index (κ1) is 19.6. The van der Waals surface area contributed by atoms with Crippen molar-refractivity contribution in [1.82, 2.24) is 19.2 Å². The lowest BCUT2D eigenvalue weighted by Gasteiger charge is -2.35. The average molecular weight is 432 g/mol. The molecule has 1 aliphatic carbocycles. The minimum absolute atomic E-state index is 0.0776. The molecule has 32 heavy (non-hydrogen) atoms. The largest absolute Gasteiger partial charge is 0.306 e. The highest BCUT2D eigenvalue weighted by molar-refractivity contribution is 6.21. The molecule has 0 bridgehead atoms. The van der Waals surface area contributed by atoms with Crippen LogP contribution in [0.15, 0.2) is 42.7 Å². The first-order valence-electron chi connectivity index (χ1n) is 11.3. The molecule has 1 saturated carbocycles. The van der Waals surface area contributed by atoms with Crippen LogP contribution in [-0.4, -0.2) is 51.1 Å². The third kappa shape index (κ3) is 3.06. The third-order valence-corrected chi connectivity index (χ3v) is 7.13. The van der Waals surface area contributed by atoms with Gasteiger partial charge in [-0.1, -0.05) is 12.1 Å². The lowest BCUT2D eigenvalue weighted by Crippen LogP contribution is -2.38.